The number of fused-ring (bicyclic) bond motifs is 3. The molecule has 8 aromatic carbocycles. The van der Waals surface area contributed by atoms with Crippen LogP contribution in [0.3, 0.4) is 0 Å². The largest absolute Gasteiger partial charge is 0.344 e. The topological polar surface area (TPSA) is 41.7 Å². The lowest BCUT2D eigenvalue weighted by Crippen LogP contribution is -2.33. The van der Waals surface area contributed by atoms with Crippen LogP contribution in [0.15, 0.2) is 210 Å². The molecule has 0 fully saturated rings. The fraction of sp³-hybridized carbons (Fsp3) is 0.0741. The Hall–Kier alpha value is -7.30. The summed E-state index contributed by atoms with van der Waals surface area (Å²) in [5, 5.41) is 6.03. The monoisotopic (exact) mass is 748 g/mol. The van der Waals surface area contributed by atoms with Gasteiger partial charge < -0.3 is 9.88 Å². The van der Waals surface area contributed by atoms with Crippen molar-refractivity contribution in [1.82, 2.24) is 9.88 Å². The van der Waals surface area contributed by atoms with Crippen LogP contribution in [0.5, 0.6) is 0 Å². The van der Waals surface area contributed by atoms with E-state index in [1.165, 1.54) is 49.7 Å². The van der Waals surface area contributed by atoms with E-state index in [0.717, 1.165) is 45.1 Å². The third kappa shape index (κ3) is 7.36. The highest BCUT2D eigenvalue weighted by Gasteiger charge is 2.22. The molecule has 0 saturated heterocycles. The molecule has 1 aliphatic heterocycles. The Morgan fingerprint density at radius 1 is 0.448 bits per heavy atom. The van der Waals surface area contributed by atoms with Crippen LogP contribution in [0, 0.1) is 20.8 Å². The highest BCUT2D eigenvalue weighted by molar-refractivity contribution is 6.16. The number of para-hydroxylation sites is 1. The predicted octanol–water partition coefficient (Wildman–Crippen LogP) is 13.2. The Labute approximate surface area is 340 Å². The summed E-state index contributed by atoms with van der Waals surface area (Å²) >= 11 is 0. The van der Waals surface area contributed by atoms with Crippen molar-refractivity contribution in [3.63, 3.8) is 0 Å². The third-order valence-corrected chi connectivity index (χ3v) is 10.9. The van der Waals surface area contributed by atoms with Crippen LogP contribution in [0.25, 0.3) is 49.7 Å². The maximum absolute atomic E-state index is 5.12. The molecular weight excluding hydrogens is 705 g/mol. The molecule has 0 amide bonds. The molecule has 0 bridgehead atoms. The van der Waals surface area contributed by atoms with Crippen LogP contribution in [-0.4, -0.2) is 16.2 Å². The maximum atomic E-state index is 5.12. The number of hydrogen-bond acceptors (Lipinski definition) is 3. The van der Waals surface area contributed by atoms with Crippen LogP contribution >= 0.6 is 0 Å². The smallest absolute Gasteiger partial charge is 0.159 e. The Morgan fingerprint density at radius 3 is 1.64 bits per heavy atom. The van der Waals surface area contributed by atoms with Crippen LogP contribution in [0.4, 0.5) is 0 Å². The molecule has 9 aromatic rings. The second kappa shape index (κ2) is 16.0. The number of amidine groups is 2. The quantitative estimate of drug-likeness (QED) is 0.181. The van der Waals surface area contributed by atoms with E-state index in [-0.39, 0.29) is 6.17 Å². The van der Waals surface area contributed by atoms with Crippen LogP contribution in [0.1, 0.15) is 39.5 Å². The normalized spacial score (nSPS) is 13.6. The molecule has 58 heavy (non-hydrogen) atoms. The fourth-order valence-corrected chi connectivity index (χ4v) is 7.83. The minimum atomic E-state index is -0.258. The summed E-state index contributed by atoms with van der Waals surface area (Å²) in [6.45, 7) is 6.47. The van der Waals surface area contributed by atoms with Crippen molar-refractivity contribution in [2.24, 2.45) is 9.98 Å². The maximum Gasteiger partial charge on any atom is 0.159 e. The molecule has 1 unspecified atom stereocenters. The molecule has 0 spiro atoms. The average Bonchev–Trinajstić information content (AvgIpc) is 3.61. The number of nitrogens with one attached hydrogen (secondary N) is 1. The number of hydrogen-bond donors (Lipinski definition) is 1. The van der Waals surface area contributed by atoms with Gasteiger partial charge in [-0.25, -0.2) is 9.98 Å². The molecule has 1 N–H and O–H groups in total. The molecule has 2 heterocycles. The van der Waals surface area contributed by atoms with E-state index in [1.54, 1.807) is 0 Å². The summed E-state index contributed by atoms with van der Waals surface area (Å²) in [4.78, 5) is 10.2. The zero-order valence-corrected chi connectivity index (χ0v) is 33.0. The van der Waals surface area contributed by atoms with Gasteiger partial charge in [-0.3, -0.25) is 0 Å². The van der Waals surface area contributed by atoms with E-state index in [1.807, 2.05) is 42.5 Å². The Morgan fingerprint density at radius 2 is 0.983 bits per heavy atom. The fourth-order valence-electron chi connectivity index (χ4n) is 7.83. The molecule has 1 atom stereocenters. The molecule has 10 rings (SSSR count). The molecular formula is C54H44N4. The minimum Gasteiger partial charge on any atom is -0.344 e. The van der Waals surface area contributed by atoms with E-state index >= 15 is 0 Å². The highest BCUT2D eigenvalue weighted by Crippen LogP contribution is 2.37. The van der Waals surface area contributed by atoms with E-state index < -0.39 is 0 Å². The number of aryl methyl sites for hydroxylation is 3. The summed E-state index contributed by atoms with van der Waals surface area (Å²) < 4.78 is 2.37. The number of aromatic nitrogens is 1. The Bertz CT molecular complexity index is 2930. The lowest BCUT2D eigenvalue weighted by Gasteiger charge is -2.23. The lowest BCUT2D eigenvalue weighted by atomic mass is 9.92. The van der Waals surface area contributed by atoms with Crippen LogP contribution < -0.4 is 5.32 Å². The van der Waals surface area contributed by atoms with Crippen molar-refractivity contribution in [2.75, 3.05) is 0 Å². The van der Waals surface area contributed by atoms with Gasteiger partial charge >= 0.3 is 0 Å². The van der Waals surface area contributed by atoms with E-state index in [9.17, 15) is 0 Å². The van der Waals surface area contributed by atoms with Gasteiger partial charge in [0.2, 0.25) is 0 Å². The van der Waals surface area contributed by atoms with Crippen molar-refractivity contribution in [3.8, 4) is 27.9 Å². The second-order valence-electron chi connectivity index (χ2n) is 14.9. The Balaban J connectivity index is 0.000000565. The summed E-state index contributed by atoms with van der Waals surface area (Å²) in [6.07, 6.45) is -0.258. The van der Waals surface area contributed by atoms with Gasteiger partial charge in [0.1, 0.15) is 12.0 Å². The molecule has 4 nitrogen and oxygen atoms in total. The van der Waals surface area contributed by atoms with Gasteiger partial charge in [-0.15, -0.1) is 0 Å². The van der Waals surface area contributed by atoms with Crippen molar-refractivity contribution >= 4 is 33.5 Å². The predicted molar refractivity (Wildman–Crippen MR) is 244 cm³/mol. The van der Waals surface area contributed by atoms with Crippen molar-refractivity contribution < 1.29 is 0 Å². The van der Waals surface area contributed by atoms with Crippen molar-refractivity contribution in [2.45, 2.75) is 26.9 Å². The zero-order valence-electron chi connectivity index (χ0n) is 33.0. The number of aliphatic imine (C=N–C) groups is 2. The summed E-state index contributed by atoms with van der Waals surface area (Å²) in [7, 11) is 0. The third-order valence-electron chi connectivity index (χ3n) is 10.9. The van der Waals surface area contributed by atoms with Gasteiger partial charge in [0.25, 0.3) is 0 Å². The first-order valence-electron chi connectivity index (χ1n) is 19.9. The molecule has 0 aliphatic carbocycles. The molecule has 0 radical (unpaired) electrons. The SMILES string of the molecule is Cc1ccccc1.Cc1ccccc1-c1cc(-c2ccc3c(c2)c2cc(C4=NC(c5ccccc5)=NC(c5ccccc5)N4)ccc2n3-c2ccccc2)ccc1C. The van der Waals surface area contributed by atoms with Crippen LogP contribution in [0.2, 0.25) is 0 Å². The summed E-state index contributed by atoms with van der Waals surface area (Å²) in [5.74, 6) is 1.52. The van der Waals surface area contributed by atoms with Crippen molar-refractivity contribution in [3.05, 3.63) is 234 Å². The number of benzene rings is 8. The van der Waals surface area contributed by atoms with Gasteiger partial charge in [0.15, 0.2) is 5.84 Å². The second-order valence-corrected chi connectivity index (χ2v) is 14.9. The average molecular weight is 749 g/mol. The summed E-state index contributed by atoms with van der Waals surface area (Å²) in [5.41, 5.74) is 15.3. The van der Waals surface area contributed by atoms with Gasteiger partial charge in [-0.1, -0.05) is 157 Å². The van der Waals surface area contributed by atoms with Crippen molar-refractivity contribution in [1.29, 1.82) is 0 Å². The first-order valence-corrected chi connectivity index (χ1v) is 19.9. The first-order chi connectivity index (χ1) is 28.5. The molecule has 1 aliphatic rings. The zero-order chi connectivity index (χ0) is 39.4. The highest BCUT2D eigenvalue weighted by atomic mass is 15.2. The van der Waals surface area contributed by atoms with Crippen LogP contribution in [-0.2, 0) is 0 Å². The Kier molecular flexibility index (Phi) is 10.1. The number of nitrogens with zero attached hydrogens (tertiary/aromatic N) is 3. The lowest BCUT2D eigenvalue weighted by molar-refractivity contribution is 0.674. The van der Waals surface area contributed by atoms with Gasteiger partial charge in [-0.05, 0) is 108 Å². The minimum absolute atomic E-state index is 0.258. The van der Waals surface area contributed by atoms with Gasteiger partial charge in [0.05, 0.1) is 11.0 Å². The molecule has 0 saturated carbocycles. The van der Waals surface area contributed by atoms with Gasteiger partial charge in [-0.2, -0.15) is 0 Å². The van der Waals surface area contributed by atoms with E-state index in [4.69, 9.17) is 9.98 Å². The first kappa shape index (κ1) is 36.3. The molecule has 1 aromatic heterocycles. The molecule has 280 valence electrons. The number of rotatable bonds is 6. The molecule has 4 heteroatoms. The van der Waals surface area contributed by atoms with E-state index in [0.29, 0.717) is 0 Å². The standard InChI is InChI=1S/C47H36N4.C7H8/c1-31-14-12-13-21-39(31)40-28-35(23-22-32(40)2)36-24-26-43-41(29-36)42-30-37(25-27-44(42)51(43)38-19-10-5-11-20-38)47-49-45(33-15-6-3-7-16-33)48-46(50-47)34-17-8-4-9-18-34;1-7-5-3-2-4-6-7/h3-30,45H,1-2H3,(H,48,49,50);2-6H,1H3. The van der Waals surface area contributed by atoms with E-state index in [2.05, 4.69) is 188 Å². The van der Waals surface area contributed by atoms with Gasteiger partial charge in [0, 0.05) is 27.6 Å². The summed E-state index contributed by atoms with van der Waals surface area (Å²) in [6, 6.07) is 70.5.